The topological polar surface area (TPSA) is 169 Å². The average Bonchev–Trinajstić information content (AvgIpc) is 2.91. The minimum atomic E-state index is -1.39. The van der Waals surface area contributed by atoms with Crippen LogP contribution in [0.15, 0.2) is 54.2 Å². The highest BCUT2D eigenvalue weighted by molar-refractivity contribution is 6.34. The predicted molar refractivity (Wildman–Crippen MR) is 144 cm³/mol. The van der Waals surface area contributed by atoms with Gasteiger partial charge in [-0.3, -0.25) is 9.59 Å². The number of hydrogen-bond acceptors (Lipinski definition) is 9. The number of aliphatic hydroxyl groups is 3. The summed E-state index contributed by atoms with van der Waals surface area (Å²) in [7, 11) is 0. The highest BCUT2D eigenvalue weighted by Gasteiger charge is 2.26. The second-order valence-electron chi connectivity index (χ2n) is 8.32. The number of carbonyl (C=O) groups is 2. The summed E-state index contributed by atoms with van der Waals surface area (Å²) in [5.74, 6) is -0.601. The Labute approximate surface area is 227 Å². The van der Waals surface area contributed by atoms with Gasteiger partial charge < -0.3 is 36.6 Å². The predicted octanol–water partition coefficient (Wildman–Crippen LogP) is 2.24. The fourth-order valence-corrected chi connectivity index (χ4v) is 3.88. The van der Waals surface area contributed by atoms with Crippen LogP contribution in [-0.2, 0) is 11.3 Å². The van der Waals surface area contributed by atoms with E-state index < -0.39 is 24.8 Å². The first-order valence-electron chi connectivity index (χ1n) is 11.4. The van der Waals surface area contributed by atoms with Crippen LogP contribution < -0.4 is 21.3 Å². The normalized spacial score (nSPS) is 15.0. The maximum Gasteiger partial charge on any atom is 0.256 e. The van der Waals surface area contributed by atoms with Crippen LogP contribution in [0.25, 0.3) is 6.08 Å². The summed E-state index contributed by atoms with van der Waals surface area (Å²) < 4.78 is 0. The first kappa shape index (κ1) is 27.3. The molecule has 2 heterocycles. The number of halogens is 2. The lowest BCUT2D eigenvalue weighted by atomic mass is 10.1. The van der Waals surface area contributed by atoms with Crippen molar-refractivity contribution < 1.29 is 24.9 Å². The van der Waals surface area contributed by atoms with Crippen molar-refractivity contribution in [1.82, 2.24) is 15.3 Å². The third-order valence-corrected chi connectivity index (χ3v) is 6.05. The third kappa shape index (κ3) is 6.77. The van der Waals surface area contributed by atoms with Crippen molar-refractivity contribution >= 4 is 58.5 Å². The molecule has 7 N–H and O–H groups in total. The van der Waals surface area contributed by atoms with Crippen molar-refractivity contribution in [3.8, 4) is 0 Å². The molecule has 0 radical (unpaired) electrons. The van der Waals surface area contributed by atoms with Gasteiger partial charge in [-0.15, -0.1) is 0 Å². The lowest BCUT2D eigenvalue weighted by molar-refractivity contribution is -0.113. The summed E-state index contributed by atoms with van der Waals surface area (Å²) in [6.07, 6.45) is 0.479. The van der Waals surface area contributed by atoms with Gasteiger partial charge in [-0.25, -0.2) is 4.98 Å². The molecule has 0 fully saturated rings. The second kappa shape index (κ2) is 12.2. The van der Waals surface area contributed by atoms with Crippen molar-refractivity contribution in [3.05, 3.63) is 81.0 Å². The Bertz CT molecular complexity index is 1390. The van der Waals surface area contributed by atoms with E-state index in [4.69, 9.17) is 28.3 Å². The molecule has 2 unspecified atom stereocenters. The lowest BCUT2D eigenvalue weighted by Crippen LogP contribution is -2.33. The molecule has 1 aromatic heterocycles. The van der Waals surface area contributed by atoms with Gasteiger partial charge in [0.2, 0.25) is 5.95 Å². The molecule has 0 spiro atoms. The largest absolute Gasteiger partial charge is 0.394 e. The van der Waals surface area contributed by atoms with Crippen LogP contribution in [-0.4, -0.2) is 62.6 Å². The number of benzene rings is 2. The summed E-state index contributed by atoms with van der Waals surface area (Å²) >= 11 is 12.2. The number of aliphatic hydroxyl groups excluding tert-OH is 3. The van der Waals surface area contributed by atoms with Crippen LogP contribution in [0.3, 0.4) is 0 Å². The Morgan fingerprint density at radius 3 is 2.71 bits per heavy atom. The number of hydrogen-bond donors (Lipinski definition) is 7. The molecule has 2 atom stereocenters. The molecule has 1 aliphatic heterocycles. The van der Waals surface area contributed by atoms with Crippen LogP contribution in [0, 0.1) is 0 Å². The molecule has 11 nitrogen and oxygen atoms in total. The van der Waals surface area contributed by atoms with E-state index in [1.54, 1.807) is 18.2 Å². The minimum Gasteiger partial charge on any atom is -0.394 e. The summed E-state index contributed by atoms with van der Waals surface area (Å²) in [5, 5.41) is 40.5. The van der Waals surface area contributed by atoms with Crippen molar-refractivity contribution in [2.45, 2.75) is 18.9 Å². The van der Waals surface area contributed by atoms with Crippen LogP contribution in [0.2, 0.25) is 10.0 Å². The van der Waals surface area contributed by atoms with Gasteiger partial charge in [0.25, 0.3) is 11.8 Å². The quantitative estimate of drug-likeness (QED) is 0.208. The zero-order valence-electron chi connectivity index (χ0n) is 19.8. The second-order valence-corrected chi connectivity index (χ2v) is 9.17. The molecule has 198 valence electrons. The molecule has 1 aliphatic rings. The maximum absolute atomic E-state index is 13.0. The van der Waals surface area contributed by atoms with Crippen molar-refractivity contribution in [2.75, 3.05) is 29.1 Å². The Balaban J connectivity index is 1.45. The summed E-state index contributed by atoms with van der Waals surface area (Å²) in [6, 6.07) is 11.6. The number of rotatable bonds is 9. The van der Waals surface area contributed by atoms with Crippen LogP contribution in [0.5, 0.6) is 0 Å². The van der Waals surface area contributed by atoms with Gasteiger partial charge in [-0.1, -0.05) is 35.3 Å². The lowest BCUT2D eigenvalue weighted by Gasteiger charge is -2.23. The first-order chi connectivity index (χ1) is 18.2. The first-order valence-corrected chi connectivity index (χ1v) is 12.2. The average molecular weight is 559 g/mol. The zero-order valence-corrected chi connectivity index (χ0v) is 21.3. The molecule has 38 heavy (non-hydrogen) atoms. The number of anilines is 3. The number of amides is 2. The van der Waals surface area contributed by atoms with Crippen LogP contribution >= 0.6 is 23.2 Å². The van der Waals surface area contributed by atoms with Gasteiger partial charge >= 0.3 is 0 Å². The van der Waals surface area contributed by atoms with Gasteiger partial charge in [-0.2, -0.15) is 4.98 Å². The molecule has 2 amide bonds. The number of carbonyl (C=O) groups excluding carboxylic acids is 2. The van der Waals surface area contributed by atoms with Crippen LogP contribution in [0.1, 0.15) is 21.5 Å². The number of nitrogens with zero attached hydrogens (tertiary/aromatic N) is 2. The van der Waals surface area contributed by atoms with Crippen molar-refractivity contribution in [3.63, 3.8) is 0 Å². The molecular weight excluding hydrogens is 535 g/mol. The Kier molecular flexibility index (Phi) is 8.77. The van der Waals surface area contributed by atoms with Crippen LogP contribution in [0.4, 0.5) is 17.5 Å². The molecule has 0 saturated heterocycles. The van der Waals surface area contributed by atoms with E-state index in [9.17, 15) is 19.8 Å². The highest BCUT2D eigenvalue weighted by atomic mass is 35.5. The van der Waals surface area contributed by atoms with Crippen molar-refractivity contribution in [1.29, 1.82) is 0 Å². The number of nitrogens with one attached hydrogen (secondary N) is 4. The van der Waals surface area contributed by atoms with E-state index in [-0.39, 0.29) is 52.6 Å². The Hall–Kier alpha value is -3.74. The van der Waals surface area contributed by atoms with E-state index in [0.717, 1.165) is 5.56 Å². The van der Waals surface area contributed by atoms with E-state index in [1.807, 2.05) is 6.07 Å². The fraction of sp³-hybridized carbons (Fsp3) is 0.200. The van der Waals surface area contributed by atoms with Crippen molar-refractivity contribution in [2.24, 2.45) is 0 Å². The Morgan fingerprint density at radius 1 is 1.13 bits per heavy atom. The maximum atomic E-state index is 13.0. The zero-order chi connectivity index (χ0) is 27.2. The standard InChI is InChI=1S/C25H24Cl2N6O5/c26-16-3-1-2-13(6-16)9-28-22(36)14-4-5-19(27)20(8-14)31-23(37)18-7-15-10-29-25(30-11-17(35)12-34)33-21(15)32-24(18)38/h1-8,10,17,24,34-35,38H,9,11-12H2,(H,28,36)(H,31,37)(H2,29,30,32,33). The van der Waals surface area contributed by atoms with Gasteiger partial charge in [0.1, 0.15) is 5.82 Å². The number of fused-ring (bicyclic) bond motifs is 1. The molecule has 2 aromatic carbocycles. The molecule has 4 rings (SSSR count). The van der Waals surface area contributed by atoms with E-state index in [2.05, 4.69) is 31.2 Å². The van der Waals surface area contributed by atoms with Gasteiger partial charge in [0, 0.05) is 35.4 Å². The number of aromatic nitrogens is 2. The smallest absolute Gasteiger partial charge is 0.256 e. The molecule has 0 saturated carbocycles. The summed E-state index contributed by atoms with van der Waals surface area (Å²) in [5.41, 5.74) is 1.70. The van der Waals surface area contributed by atoms with Gasteiger partial charge in [0.05, 0.1) is 29.0 Å². The minimum absolute atomic E-state index is 0.0237. The van der Waals surface area contributed by atoms with E-state index in [0.29, 0.717) is 10.6 Å². The van der Waals surface area contributed by atoms with E-state index >= 15 is 0 Å². The molecule has 3 aromatic rings. The summed E-state index contributed by atoms with van der Waals surface area (Å²) in [6.45, 7) is -0.133. The molecule has 13 heteroatoms. The third-order valence-electron chi connectivity index (χ3n) is 5.48. The van der Waals surface area contributed by atoms with E-state index in [1.165, 1.54) is 30.5 Å². The van der Waals surface area contributed by atoms with Gasteiger partial charge in [0.15, 0.2) is 6.23 Å². The monoisotopic (exact) mass is 558 g/mol. The molecular formula is C25H24Cl2N6O5. The molecule has 0 aliphatic carbocycles. The molecule has 0 bridgehead atoms. The van der Waals surface area contributed by atoms with Gasteiger partial charge in [-0.05, 0) is 42.0 Å². The fourth-order valence-electron chi connectivity index (χ4n) is 3.50. The summed E-state index contributed by atoms with van der Waals surface area (Å²) in [4.78, 5) is 34.0. The highest BCUT2D eigenvalue weighted by Crippen LogP contribution is 2.28. The Morgan fingerprint density at radius 2 is 1.95 bits per heavy atom. The SMILES string of the molecule is O=C(Nc1cc(C(=O)NCc2cccc(Cl)c2)ccc1Cl)C1=Cc2cnc(NCC(O)CO)nc2NC1O.